The molecular formula is C12H21N3O2. The van der Waals surface area contributed by atoms with E-state index in [9.17, 15) is 0 Å². The first-order chi connectivity index (χ1) is 8.19. The molecule has 1 aromatic rings. The molecule has 1 saturated heterocycles. The summed E-state index contributed by atoms with van der Waals surface area (Å²) >= 11 is 0. The Kier molecular flexibility index (Phi) is 3.79. The van der Waals surface area contributed by atoms with Crippen LogP contribution in [0.5, 0.6) is 0 Å². The highest BCUT2D eigenvalue weighted by atomic mass is 16.5. The predicted octanol–water partition coefficient (Wildman–Crippen LogP) is 1.81. The third-order valence-electron chi connectivity index (χ3n) is 3.73. The van der Waals surface area contributed by atoms with E-state index in [-0.39, 0.29) is 0 Å². The summed E-state index contributed by atoms with van der Waals surface area (Å²) in [6.45, 7) is 6.10. The van der Waals surface area contributed by atoms with Crippen molar-refractivity contribution >= 4 is 0 Å². The van der Waals surface area contributed by atoms with Crippen LogP contribution < -0.4 is 5.32 Å². The number of rotatable bonds is 4. The largest absolute Gasteiger partial charge is 0.370 e. The second-order valence-corrected chi connectivity index (χ2v) is 4.77. The van der Waals surface area contributed by atoms with Crippen LogP contribution in [-0.4, -0.2) is 30.3 Å². The summed E-state index contributed by atoms with van der Waals surface area (Å²) < 4.78 is 10.9. The highest BCUT2D eigenvalue weighted by Crippen LogP contribution is 2.29. The van der Waals surface area contributed by atoms with Gasteiger partial charge in [0.2, 0.25) is 11.7 Å². The van der Waals surface area contributed by atoms with E-state index in [2.05, 4.69) is 22.4 Å². The average Bonchev–Trinajstić information content (AvgIpc) is 2.89. The Morgan fingerprint density at radius 3 is 2.76 bits per heavy atom. The van der Waals surface area contributed by atoms with Crippen LogP contribution in [0.2, 0.25) is 0 Å². The summed E-state index contributed by atoms with van der Waals surface area (Å²) in [4.78, 5) is 4.52. The number of hydrogen-bond donors (Lipinski definition) is 1. The zero-order chi connectivity index (χ0) is 12.3. The molecule has 5 heteroatoms. The van der Waals surface area contributed by atoms with Gasteiger partial charge in [-0.1, -0.05) is 12.1 Å². The minimum atomic E-state index is -0.436. The zero-order valence-electron chi connectivity index (χ0n) is 10.8. The van der Waals surface area contributed by atoms with Gasteiger partial charge in [-0.05, 0) is 39.3 Å². The van der Waals surface area contributed by atoms with Gasteiger partial charge < -0.3 is 14.6 Å². The van der Waals surface area contributed by atoms with Gasteiger partial charge in [-0.3, -0.25) is 0 Å². The van der Waals surface area contributed by atoms with Crippen LogP contribution in [0.4, 0.5) is 0 Å². The highest BCUT2D eigenvalue weighted by molar-refractivity contribution is 5.02. The van der Waals surface area contributed by atoms with Crippen molar-refractivity contribution in [3.05, 3.63) is 11.7 Å². The molecule has 1 aliphatic heterocycles. The number of methoxy groups -OCH3 is 1. The Morgan fingerprint density at radius 2 is 2.18 bits per heavy atom. The van der Waals surface area contributed by atoms with Gasteiger partial charge in [0.25, 0.3) is 0 Å². The maximum absolute atomic E-state index is 5.48. The van der Waals surface area contributed by atoms with E-state index < -0.39 is 5.60 Å². The average molecular weight is 239 g/mol. The van der Waals surface area contributed by atoms with Gasteiger partial charge in [0.15, 0.2) is 0 Å². The number of aromatic nitrogens is 2. The van der Waals surface area contributed by atoms with E-state index in [0.717, 1.165) is 38.2 Å². The normalized spacial score (nSPS) is 21.4. The molecule has 2 heterocycles. The Balaban J connectivity index is 2.14. The number of ether oxygens (including phenoxy) is 1. The summed E-state index contributed by atoms with van der Waals surface area (Å²) in [5, 5.41) is 7.40. The lowest BCUT2D eigenvalue weighted by Gasteiger charge is -2.22. The van der Waals surface area contributed by atoms with Gasteiger partial charge >= 0.3 is 0 Å². The van der Waals surface area contributed by atoms with Crippen LogP contribution in [0, 0.1) is 0 Å². The molecule has 5 nitrogen and oxygen atoms in total. The Bertz CT molecular complexity index is 354. The molecule has 2 rings (SSSR count). The molecule has 0 bridgehead atoms. The number of piperidine rings is 1. The maximum Gasteiger partial charge on any atom is 0.229 e. The first kappa shape index (κ1) is 12.5. The van der Waals surface area contributed by atoms with Crippen LogP contribution in [0.1, 0.15) is 50.7 Å². The van der Waals surface area contributed by atoms with Gasteiger partial charge in [-0.15, -0.1) is 0 Å². The summed E-state index contributed by atoms with van der Waals surface area (Å²) in [6.07, 6.45) is 2.96. The fourth-order valence-electron chi connectivity index (χ4n) is 2.08. The van der Waals surface area contributed by atoms with Crippen molar-refractivity contribution in [1.29, 1.82) is 0 Å². The molecule has 1 fully saturated rings. The quantitative estimate of drug-likeness (QED) is 0.868. The molecule has 17 heavy (non-hydrogen) atoms. The number of nitrogens with zero attached hydrogens (tertiary/aromatic N) is 2. The molecule has 1 N–H and O–H groups in total. The summed E-state index contributed by atoms with van der Waals surface area (Å²) in [5.41, 5.74) is -0.436. The van der Waals surface area contributed by atoms with Crippen LogP contribution in [0.3, 0.4) is 0 Å². The monoisotopic (exact) mass is 239 g/mol. The molecule has 0 radical (unpaired) electrons. The van der Waals surface area contributed by atoms with E-state index in [0.29, 0.717) is 11.7 Å². The molecule has 0 aliphatic carbocycles. The van der Waals surface area contributed by atoms with Gasteiger partial charge in [-0.25, -0.2) is 0 Å². The lowest BCUT2D eigenvalue weighted by atomic mass is 9.98. The topological polar surface area (TPSA) is 60.2 Å². The first-order valence-electron chi connectivity index (χ1n) is 6.29. The molecule has 0 amide bonds. The third kappa shape index (κ3) is 2.50. The van der Waals surface area contributed by atoms with Crippen molar-refractivity contribution < 1.29 is 9.26 Å². The van der Waals surface area contributed by atoms with Crippen molar-refractivity contribution in [3.8, 4) is 0 Å². The van der Waals surface area contributed by atoms with E-state index in [4.69, 9.17) is 9.26 Å². The Hall–Kier alpha value is -0.940. The van der Waals surface area contributed by atoms with Crippen LogP contribution in [-0.2, 0) is 10.3 Å². The molecule has 1 aliphatic rings. The predicted molar refractivity (Wildman–Crippen MR) is 63.8 cm³/mol. The van der Waals surface area contributed by atoms with Gasteiger partial charge in [0.1, 0.15) is 5.60 Å². The molecule has 0 aromatic carbocycles. The third-order valence-corrected chi connectivity index (χ3v) is 3.73. The minimum Gasteiger partial charge on any atom is -0.370 e. The molecule has 96 valence electrons. The molecule has 1 aromatic heterocycles. The smallest absolute Gasteiger partial charge is 0.229 e. The van der Waals surface area contributed by atoms with Crippen molar-refractivity contribution in [3.63, 3.8) is 0 Å². The van der Waals surface area contributed by atoms with E-state index >= 15 is 0 Å². The molecule has 0 spiro atoms. The molecule has 0 saturated carbocycles. The highest BCUT2D eigenvalue weighted by Gasteiger charge is 2.31. The Labute approximate surface area is 102 Å². The summed E-state index contributed by atoms with van der Waals surface area (Å²) in [5.74, 6) is 1.82. The SMILES string of the molecule is CCC(C)(OC)c1noc(C2CCNCC2)n1. The van der Waals surface area contributed by atoms with Crippen molar-refractivity contribution in [2.45, 2.75) is 44.6 Å². The lowest BCUT2D eigenvalue weighted by molar-refractivity contribution is -0.0106. The second-order valence-electron chi connectivity index (χ2n) is 4.77. The first-order valence-corrected chi connectivity index (χ1v) is 6.29. The summed E-state index contributed by atoms with van der Waals surface area (Å²) in [6, 6.07) is 0. The van der Waals surface area contributed by atoms with Crippen molar-refractivity contribution in [2.75, 3.05) is 20.2 Å². The van der Waals surface area contributed by atoms with Crippen LogP contribution >= 0.6 is 0 Å². The Morgan fingerprint density at radius 1 is 1.47 bits per heavy atom. The maximum atomic E-state index is 5.48. The van der Waals surface area contributed by atoms with E-state index in [1.54, 1.807) is 7.11 Å². The van der Waals surface area contributed by atoms with Gasteiger partial charge in [0.05, 0.1) is 0 Å². The lowest BCUT2D eigenvalue weighted by Crippen LogP contribution is -2.27. The van der Waals surface area contributed by atoms with Crippen LogP contribution in [0.15, 0.2) is 4.52 Å². The number of hydrogen-bond acceptors (Lipinski definition) is 5. The fraction of sp³-hybridized carbons (Fsp3) is 0.833. The van der Waals surface area contributed by atoms with E-state index in [1.807, 2.05) is 6.92 Å². The molecule has 1 atom stereocenters. The number of nitrogens with one attached hydrogen (secondary N) is 1. The van der Waals surface area contributed by atoms with Gasteiger partial charge in [0, 0.05) is 13.0 Å². The summed E-state index contributed by atoms with van der Waals surface area (Å²) in [7, 11) is 1.68. The molecule has 1 unspecified atom stereocenters. The van der Waals surface area contributed by atoms with Gasteiger partial charge in [-0.2, -0.15) is 4.98 Å². The van der Waals surface area contributed by atoms with E-state index in [1.165, 1.54) is 0 Å². The second kappa shape index (κ2) is 5.14. The molecular weight excluding hydrogens is 218 g/mol. The minimum absolute atomic E-state index is 0.399. The fourth-order valence-corrected chi connectivity index (χ4v) is 2.08. The van der Waals surface area contributed by atoms with Crippen LogP contribution in [0.25, 0.3) is 0 Å². The van der Waals surface area contributed by atoms with Crippen molar-refractivity contribution in [2.24, 2.45) is 0 Å². The zero-order valence-corrected chi connectivity index (χ0v) is 10.8. The van der Waals surface area contributed by atoms with Crippen molar-refractivity contribution in [1.82, 2.24) is 15.5 Å². The standard InChI is InChI=1S/C12H21N3O2/c1-4-12(2,16-3)11-14-10(17-15-11)9-5-7-13-8-6-9/h9,13H,4-8H2,1-3H3.